The molecule has 0 saturated heterocycles. The lowest BCUT2D eigenvalue weighted by molar-refractivity contribution is -0.119. The number of methoxy groups -OCH3 is 1. The standard InChI is InChI=1S/C13H17N5O2/c1-20-7-6-15-11(19)8-16-13-12(14)17-9-4-2-3-5-10(9)18-13/h2-5H,6-8H2,1H3,(H2,14,17)(H,15,19)(H,16,18). The molecule has 0 aliphatic carbocycles. The summed E-state index contributed by atoms with van der Waals surface area (Å²) in [5.41, 5.74) is 7.25. The highest BCUT2D eigenvalue weighted by atomic mass is 16.5. The predicted octanol–water partition coefficient (Wildman–Crippen LogP) is 0.386. The summed E-state index contributed by atoms with van der Waals surface area (Å²) in [6.07, 6.45) is 0. The molecule has 0 fully saturated rings. The molecular formula is C13H17N5O2. The Bertz CT molecular complexity index is 602. The Morgan fingerprint density at radius 1 is 1.30 bits per heavy atom. The lowest BCUT2D eigenvalue weighted by Crippen LogP contribution is -2.32. The van der Waals surface area contributed by atoms with E-state index in [2.05, 4.69) is 20.6 Å². The summed E-state index contributed by atoms with van der Waals surface area (Å²) in [6.45, 7) is 1.03. The number of hydrogen-bond donors (Lipinski definition) is 3. The monoisotopic (exact) mass is 275 g/mol. The SMILES string of the molecule is COCCNC(=O)CNc1nc2ccccc2nc1N. The first-order chi connectivity index (χ1) is 9.70. The van der Waals surface area contributed by atoms with Crippen molar-refractivity contribution in [3.8, 4) is 0 Å². The molecule has 0 bridgehead atoms. The number of nitrogens with two attached hydrogens (primary N) is 1. The Morgan fingerprint density at radius 2 is 2.00 bits per heavy atom. The van der Waals surface area contributed by atoms with Crippen LogP contribution in [0.2, 0.25) is 0 Å². The number of nitrogen functional groups attached to an aromatic ring is 1. The third-order valence-corrected chi connectivity index (χ3v) is 2.64. The molecular weight excluding hydrogens is 258 g/mol. The molecule has 2 aromatic rings. The number of carbonyl (C=O) groups is 1. The van der Waals surface area contributed by atoms with Crippen LogP contribution in [0.5, 0.6) is 0 Å². The first kappa shape index (κ1) is 14.0. The maximum Gasteiger partial charge on any atom is 0.239 e. The van der Waals surface area contributed by atoms with Gasteiger partial charge in [0.2, 0.25) is 5.91 Å². The number of ether oxygens (including phenoxy) is 1. The van der Waals surface area contributed by atoms with Gasteiger partial charge in [0.05, 0.1) is 24.2 Å². The highest BCUT2D eigenvalue weighted by Gasteiger charge is 2.07. The molecule has 20 heavy (non-hydrogen) atoms. The van der Waals surface area contributed by atoms with Crippen molar-refractivity contribution in [2.24, 2.45) is 0 Å². The minimum atomic E-state index is -0.156. The number of nitrogens with zero attached hydrogens (tertiary/aromatic N) is 2. The van der Waals surface area contributed by atoms with Gasteiger partial charge in [0, 0.05) is 13.7 Å². The molecule has 7 nitrogen and oxygen atoms in total. The second-order valence-corrected chi connectivity index (χ2v) is 4.14. The number of rotatable bonds is 6. The van der Waals surface area contributed by atoms with Crippen LogP contribution < -0.4 is 16.4 Å². The zero-order chi connectivity index (χ0) is 14.4. The van der Waals surface area contributed by atoms with Gasteiger partial charge >= 0.3 is 0 Å². The van der Waals surface area contributed by atoms with E-state index in [-0.39, 0.29) is 18.3 Å². The van der Waals surface area contributed by atoms with E-state index in [9.17, 15) is 4.79 Å². The lowest BCUT2D eigenvalue weighted by Gasteiger charge is -2.09. The fourth-order valence-electron chi connectivity index (χ4n) is 1.66. The number of amides is 1. The van der Waals surface area contributed by atoms with Gasteiger partial charge in [-0.1, -0.05) is 12.1 Å². The molecule has 1 aromatic heterocycles. The van der Waals surface area contributed by atoms with Gasteiger partial charge in [-0.05, 0) is 12.1 Å². The molecule has 0 spiro atoms. The van der Waals surface area contributed by atoms with Gasteiger partial charge in [0.1, 0.15) is 0 Å². The van der Waals surface area contributed by atoms with Crippen LogP contribution in [0.4, 0.5) is 11.6 Å². The highest BCUT2D eigenvalue weighted by Crippen LogP contribution is 2.17. The molecule has 0 aliphatic heterocycles. The van der Waals surface area contributed by atoms with Crippen molar-refractivity contribution in [2.45, 2.75) is 0 Å². The second-order valence-electron chi connectivity index (χ2n) is 4.14. The normalized spacial score (nSPS) is 10.4. The van der Waals surface area contributed by atoms with Crippen LogP contribution in [0.15, 0.2) is 24.3 Å². The zero-order valence-electron chi connectivity index (χ0n) is 11.2. The number of anilines is 2. The molecule has 7 heteroatoms. The fourth-order valence-corrected chi connectivity index (χ4v) is 1.66. The van der Waals surface area contributed by atoms with Crippen LogP contribution >= 0.6 is 0 Å². The van der Waals surface area contributed by atoms with E-state index >= 15 is 0 Å². The van der Waals surface area contributed by atoms with Gasteiger partial charge in [-0.3, -0.25) is 4.79 Å². The Balaban J connectivity index is 1.99. The van der Waals surface area contributed by atoms with Crippen LogP contribution in [0.3, 0.4) is 0 Å². The number of para-hydroxylation sites is 2. The van der Waals surface area contributed by atoms with Crippen molar-refractivity contribution in [3.05, 3.63) is 24.3 Å². The van der Waals surface area contributed by atoms with E-state index in [0.29, 0.717) is 19.0 Å². The molecule has 0 unspecified atom stereocenters. The average molecular weight is 275 g/mol. The van der Waals surface area contributed by atoms with Gasteiger partial charge in [0.25, 0.3) is 0 Å². The Morgan fingerprint density at radius 3 is 2.70 bits per heavy atom. The molecule has 0 atom stereocenters. The third kappa shape index (κ3) is 3.55. The van der Waals surface area contributed by atoms with Crippen LogP contribution in [-0.4, -0.2) is 42.7 Å². The summed E-state index contributed by atoms with van der Waals surface area (Å²) < 4.78 is 4.84. The molecule has 0 saturated carbocycles. The van der Waals surface area contributed by atoms with Crippen LogP contribution in [0.1, 0.15) is 0 Å². The van der Waals surface area contributed by atoms with Crippen molar-refractivity contribution < 1.29 is 9.53 Å². The van der Waals surface area contributed by atoms with E-state index < -0.39 is 0 Å². The number of fused-ring (bicyclic) bond motifs is 1. The summed E-state index contributed by atoms with van der Waals surface area (Å²) in [5, 5.41) is 5.58. The van der Waals surface area contributed by atoms with E-state index in [0.717, 1.165) is 11.0 Å². The number of nitrogens with one attached hydrogen (secondary N) is 2. The molecule has 1 aromatic carbocycles. The Hall–Kier alpha value is -2.41. The maximum absolute atomic E-state index is 11.5. The largest absolute Gasteiger partial charge is 0.383 e. The minimum absolute atomic E-state index is 0.0843. The van der Waals surface area contributed by atoms with Gasteiger partial charge in [-0.15, -0.1) is 0 Å². The number of aromatic nitrogens is 2. The van der Waals surface area contributed by atoms with E-state index in [1.54, 1.807) is 7.11 Å². The van der Waals surface area contributed by atoms with Crippen molar-refractivity contribution in [3.63, 3.8) is 0 Å². The quantitative estimate of drug-likeness (QED) is 0.659. The van der Waals surface area contributed by atoms with E-state index in [4.69, 9.17) is 10.5 Å². The van der Waals surface area contributed by atoms with Crippen molar-refractivity contribution in [1.29, 1.82) is 0 Å². The molecule has 1 amide bonds. The van der Waals surface area contributed by atoms with Gasteiger partial charge in [-0.2, -0.15) is 0 Å². The summed E-state index contributed by atoms with van der Waals surface area (Å²) >= 11 is 0. The van der Waals surface area contributed by atoms with Crippen LogP contribution in [0.25, 0.3) is 11.0 Å². The molecule has 106 valence electrons. The van der Waals surface area contributed by atoms with E-state index in [1.807, 2.05) is 24.3 Å². The molecule has 2 rings (SSSR count). The smallest absolute Gasteiger partial charge is 0.239 e. The van der Waals surface area contributed by atoms with Gasteiger partial charge < -0.3 is 21.1 Å². The number of benzene rings is 1. The summed E-state index contributed by atoms with van der Waals surface area (Å²) in [6, 6.07) is 7.41. The van der Waals surface area contributed by atoms with Crippen LogP contribution in [0, 0.1) is 0 Å². The molecule has 1 heterocycles. The first-order valence-electron chi connectivity index (χ1n) is 6.22. The summed E-state index contributed by atoms with van der Waals surface area (Å²) in [5.74, 6) is 0.524. The van der Waals surface area contributed by atoms with Gasteiger partial charge in [0.15, 0.2) is 11.6 Å². The fraction of sp³-hybridized carbons (Fsp3) is 0.308. The molecule has 4 N–H and O–H groups in total. The highest BCUT2D eigenvalue weighted by molar-refractivity contribution is 5.83. The van der Waals surface area contributed by atoms with E-state index in [1.165, 1.54) is 0 Å². The lowest BCUT2D eigenvalue weighted by atomic mass is 10.3. The predicted molar refractivity (Wildman–Crippen MR) is 77.3 cm³/mol. The number of carbonyl (C=O) groups excluding carboxylic acids is 1. The maximum atomic E-state index is 11.5. The van der Waals surface area contributed by atoms with Gasteiger partial charge in [-0.25, -0.2) is 9.97 Å². The minimum Gasteiger partial charge on any atom is -0.383 e. The first-order valence-corrected chi connectivity index (χ1v) is 6.22. The topological polar surface area (TPSA) is 102 Å². The summed E-state index contributed by atoms with van der Waals surface area (Å²) in [7, 11) is 1.58. The second kappa shape index (κ2) is 6.67. The zero-order valence-corrected chi connectivity index (χ0v) is 11.2. The molecule has 0 radical (unpaired) electrons. The Kier molecular flexibility index (Phi) is 4.67. The van der Waals surface area contributed by atoms with Crippen LogP contribution in [-0.2, 0) is 9.53 Å². The van der Waals surface area contributed by atoms with Crippen molar-refractivity contribution in [2.75, 3.05) is 37.9 Å². The summed E-state index contributed by atoms with van der Waals surface area (Å²) in [4.78, 5) is 20.1. The molecule has 0 aliphatic rings. The number of hydrogen-bond acceptors (Lipinski definition) is 6. The van der Waals surface area contributed by atoms with Crippen molar-refractivity contribution in [1.82, 2.24) is 15.3 Å². The average Bonchev–Trinajstić information content (AvgIpc) is 2.45. The third-order valence-electron chi connectivity index (χ3n) is 2.64. The Labute approximate surface area is 116 Å². The van der Waals surface area contributed by atoms with Crippen molar-refractivity contribution >= 4 is 28.6 Å².